The number of primary amides is 1. The molecular weight excluding hydrogens is 913 g/mol. The standard InChI is InChI=1S/C49H56F4N4O12/c1-4-12-30(45(62)34(58)18-19-36(60)56-44(46(54)63)29-15-9-6-10-16-29)21-35(59)33-23-32(68-26-28-13-7-5-8-14-28)24-57(33)48(65)31(22-37(61)69-25-27(2)3)17-11-20-55-47(64)38-39(49(66)67)41(51)43(53)42(52)40(38)50/h5-10,13-16,27,30-33,44H,4,11-12,17-26H2,1-3H3,(H2,54,63)(H,55,64)(H,56,60)(H,66,67)/t30?,31-,32-,33+,44+/m1/s1. The maximum atomic E-state index is 14.7. The van der Waals surface area contributed by atoms with Gasteiger partial charge in [0.15, 0.2) is 34.8 Å². The Morgan fingerprint density at radius 3 is 2.03 bits per heavy atom. The van der Waals surface area contributed by atoms with E-state index in [4.69, 9.17) is 15.2 Å². The van der Waals surface area contributed by atoms with Gasteiger partial charge < -0.3 is 35.8 Å². The molecule has 4 amide bonds. The number of likely N-dealkylation sites (tertiary alicyclic amines) is 1. The van der Waals surface area contributed by atoms with Crippen molar-refractivity contribution in [2.75, 3.05) is 19.7 Å². The van der Waals surface area contributed by atoms with Crippen molar-refractivity contribution in [2.24, 2.45) is 23.5 Å². The van der Waals surface area contributed by atoms with Gasteiger partial charge in [-0.05, 0) is 36.3 Å². The highest BCUT2D eigenvalue weighted by Gasteiger charge is 2.44. The third-order valence-electron chi connectivity index (χ3n) is 11.3. The quantitative estimate of drug-likeness (QED) is 0.0185. The number of aromatic carboxylic acids is 1. The molecule has 16 nitrogen and oxygen atoms in total. The number of carbonyl (C=O) groups is 9. The molecule has 372 valence electrons. The van der Waals surface area contributed by atoms with Crippen molar-refractivity contribution in [3.63, 3.8) is 0 Å². The molecular formula is C49H56F4N4O12. The Hall–Kier alpha value is -6.83. The summed E-state index contributed by atoms with van der Waals surface area (Å²) < 4.78 is 68.4. The Morgan fingerprint density at radius 1 is 0.812 bits per heavy atom. The lowest BCUT2D eigenvalue weighted by atomic mass is 9.87. The van der Waals surface area contributed by atoms with E-state index in [0.29, 0.717) is 12.0 Å². The van der Waals surface area contributed by atoms with Crippen molar-refractivity contribution in [1.29, 1.82) is 0 Å². The molecule has 4 rings (SSSR count). The summed E-state index contributed by atoms with van der Waals surface area (Å²) in [5.74, 6) is -21.2. The number of nitrogens with two attached hydrogens (primary N) is 1. The van der Waals surface area contributed by atoms with Gasteiger partial charge in [0.25, 0.3) is 5.91 Å². The van der Waals surface area contributed by atoms with Crippen LogP contribution in [0.1, 0.15) is 116 Å². The van der Waals surface area contributed by atoms with Gasteiger partial charge in [-0.25, -0.2) is 22.4 Å². The highest BCUT2D eigenvalue weighted by molar-refractivity contribution is 6.38. The largest absolute Gasteiger partial charge is 0.478 e. The zero-order valence-corrected chi connectivity index (χ0v) is 38.4. The summed E-state index contributed by atoms with van der Waals surface area (Å²) >= 11 is 0. The Bertz CT molecular complexity index is 2370. The van der Waals surface area contributed by atoms with E-state index >= 15 is 0 Å². The number of Topliss-reactive ketones (excluding diaryl/α,β-unsaturated/α-hetero) is 3. The van der Waals surface area contributed by atoms with E-state index in [1.165, 1.54) is 4.90 Å². The number of esters is 1. The molecule has 5 atom stereocenters. The van der Waals surface area contributed by atoms with Crippen LogP contribution in [0.5, 0.6) is 0 Å². The van der Waals surface area contributed by atoms with Crippen LogP contribution in [-0.4, -0.2) is 94.8 Å². The predicted octanol–water partition coefficient (Wildman–Crippen LogP) is 5.48. The number of halogens is 4. The molecule has 20 heteroatoms. The number of nitrogens with zero attached hydrogens (tertiary/aromatic N) is 1. The van der Waals surface area contributed by atoms with Crippen LogP contribution in [0.25, 0.3) is 0 Å². The van der Waals surface area contributed by atoms with Crippen LogP contribution < -0.4 is 16.4 Å². The average molecular weight is 969 g/mol. The van der Waals surface area contributed by atoms with Crippen LogP contribution in [0.2, 0.25) is 0 Å². The van der Waals surface area contributed by atoms with Crippen molar-refractivity contribution < 1.29 is 75.3 Å². The van der Waals surface area contributed by atoms with Gasteiger partial charge >= 0.3 is 11.9 Å². The molecule has 69 heavy (non-hydrogen) atoms. The van der Waals surface area contributed by atoms with Gasteiger partial charge in [-0.2, -0.15) is 0 Å². The van der Waals surface area contributed by atoms with E-state index in [1.807, 2.05) is 0 Å². The number of amides is 4. The second kappa shape index (κ2) is 26.1. The summed E-state index contributed by atoms with van der Waals surface area (Å²) in [5.41, 5.74) is 3.33. The maximum Gasteiger partial charge on any atom is 0.339 e. The van der Waals surface area contributed by atoms with E-state index in [9.17, 15) is 65.8 Å². The minimum absolute atomic E-state index is 0.00386. The number of rotatable bonds is 27. The van der Waals surface area contributed by atoms with Crippen molar-refractivity contribution in [3.8, 4) is 0 Å². The lowest BCUT2D eigenvalue weighted by molar-refractivity contribution is -0.151. The molecule has 0 radical (unpaired) electrons. The molecule has 0 saturated carbocycles. The molecule has 1 saturated heterocycles. The van der Waals surface area contributed by atoms with Gasteiger partial charge in [0.2, 0.25) is 23.5 Å². The van der Waals surface area contributed by atoms with E-state index < -0.39 is 150 Å². The van der Waals surface area contributed by atoms with Crippen LogP contribution >= 0.6 is 0 Å². The fourth-order valence-electron chi connectivity index (χ4n) is 7.84. The number of hydrogen-bond donors (Lipinski definition) is 4. The fourth-order valence-corrected chi connectivity index (χ4v) is 7.84. The van der Waals surface area contributed by atoms with Crippen LogP contribution in [0.15, 0.2) is 60.7 Å². The second-order valence-electron chi connectivity index (χ2n) is 17.1. The number of nitrogens with one attached hydrogen (secondary N) is 2. The maximum absolute atomic E-state index is 14.7. The Labute approximate surface area is 395 Å². The molecule has 1 aliphatic rings. The van der Waals surface area contributed by atoms with Gasteiger partial charge in [0.05, 0.1) is 37.3 Å². The minimum Gasteiger partial charge on any atom is -0.478 e. The highest BCUT2D eigenvalue weighted by atomic mass is 19.2. The summed E-state index contributed by atoms with van der Waals surface area (Å²) in [5, 5.41) is 13.9. The first-order chi connectivity index (χ1) is 32.7. The molecule has 1 aliphatic heterocycles. The van der Waals surface area contributed by atoms with E-state index in [1.54, 1.807) is 81.4 Å². The smallest absolute Gasteiger partial charge is 0.339 e. The lowest BCUT2D eigenvalue weighted by Crippen LogP contribution is -2.45. The van der Waals surface area contributed by atoms with Crippen LogP contribution in [0, 0.1) is 41.0 Å². The number of hydrogen-bond acceptors (Lipinski definition) is 11. The average Bonchev–Trinajstić information content (AvgIpc) is 3.76. The second-order valence-corrected chi connectivity index (χ2v) is 17.1. The molecule has 1 fully saturated rings. The SMILES string of the molecule is CCCC(CC(=O)[C@@H]1C[C@@H](OCc2ccccc2)CN1C(=O)[C@H](CCCNC(=O)c1c(F)c(F)c(F)c(F)c1C(=O)O)CC(=O)OCC(C)C)C(=O)C(=O)CCC(=O)N[C@H](C(N)=O)c1ccccc1. The zero-order chi connectivity index (χ0) is 50.9. The number of carboxylic acids is 1. The molecule has 3 aromatic rings. The zero-order valence-electron chi connectivity index (χ0n) is 38.4. The minimum atomic E-state index is -2.43. The molecule has 1 unspecified atom stereocenters. The Morgan fingerprint density at radius 2 is 1.43 bits per heavy atom. The molecule has 5 N–H and O–H groups in total. The van der Waals surface area contributed by atoms with Crippen molar-refractivity contribution in [1.82, 2.24) is 15.5 Å². The molecule has 0 aromatic heterocycles. The molecule has 0 aliphatic carbocycles. The summed E-state index contributed by atoms with van der Waals surface area (Å²) in [6, 6.07) is 14.7. The Kier molecular flexibility index (Phi) is 20.7. The monoisotopic (exact) mass is 968 g/mol. The summed E-state index contributed by atoms with van der Waals surface area (Å²) in [6.45, 7) is 4.76. The number of carbonyl (C=O) groups excluding carboxylic acids is 8. The van der Waals surface area contributed by atoms with E-state index in [0.717, 1.165) is 5.56 Å². The number of ketones is 3. The van der Waals surface area contributed by atoms with Crippen LogP contribution in [0.4, 0.5) is 17.6 Å². The van der Waals surface area contributed by atoms with Gasteiger partial charge in [0, 0.05) is 50.6 Å². The first-order valence-electron chi connectivity index (χ1n) is 22.5. The topological polar surface area (TPSA) is 246 Å². The van der Waals surface area contributed by atoms with Gasteiger partial charge in [-0.15, -0.1) is 0 Å². The predicted molar refractivity (Wildman–Crippen MR) is 238 cm³/mol. The van der Waals surface area contributed by atoms with Crippen LogP contribution in [0.3, 0.4) is 0 Å². The molecule has 0 spiro atoms. The highest BCUT2D eigenvalue weighted by Crippen LogP contribution is 2.30. The van der Waals surface area contributed by atoms with Gasteiger partial charge in [0.1, 0.15) is 11.6 Å². The third kappa shape index (κ3) is 15.3. The van der Waals surface area contributed by atoms with E-state index in [-0.39, 0.29) is 51.4 Å². The van der Waals surface area contributed by atoms with Crippen LogP contribution in [-0.2, 0) is 49.6 Å². The first kappa shape index (κ1) is 54.8. The first-order valence-corrected chi connectivity index (χ1v) is 22.5. The van der Waals surface area contributed by atoms with E-state index in [2.05, 4.69) is 10.6 Å². The number of ether oxygens (including phenoxy) is 2. The van der Waals surface area contributed by atoms with Crippen molar-refractivity contribution in [2.45, 2.75) is 103 Å². The van der Waals surface area contributed by atoms with Crippen molar-refractivity contribution >= 4 is 52.9 Å². The molecule has 1 heterocycles. The molecule has 0 bridgehead atoms. The van der Waals surface area contributed by atoms with Gasteiger partial charge in [-0.3, -0.25) is 38.4 Å². The summed E-state index contributed by atoms with van der Waals surface area (Å²) in [4.78, 5) is 120. The van der Waals surface area contributed by atoms with Crippen molar-refractivity contribution in [3.05, 3.63) is 106 Å². The van der Waals surface area contributed by atoms with Gasteiger partial charge in [-0.1, -0.05) is 87.9 Å². The Balaban J connectivity index is 1.53. The normalized spacial score (nSPS) is 15.7. The lowest BCUT2D eigenvalue weighted by Gasteiger charge is -2.29. The number of benzene rings is 3. The fraction of sp³-hybridized carbons (Fsp3) is 0.449. The third-order valence-corrected chi connectivity index (χ3v) is 11.3. The molecule has 3 aromatic carbocycles. The number of carboxylic acid groups (broad SMARTS) is 1. The summed E-state index contributed by atoms with van der Waals surface area (Å²) in [7, 11) is 0. The summed E-state index contributed by atoms with van der Waals surface area (Å²) in [6.07, 6.45) is -2.70.